The van der Waals surface area contributed by atoms with E-state index < -0.39 is 0 Å². The van der Waals surface area contributed by atoms with Gasteiger partial charge in [-0.2, -0.15) is 0 Å². The standard InChI is InChI=1S/C14H22N2O4/c1-5-20-13(17)7-9-16(2)10-11-14(19-4)12(18-3)6-8-15-11/h6,8H,5,7,9-10H2,1-4H3. The number of aromatic nitrogens is 1. The lowest BCUT2D eigenvalue weighted by molar-refractivity contribution is -0.143. The lowest BCUT2D eigenvalue weighted by atomic mass is 10.2. The van der Waals surface area contributed by atoms with E-state index in [4.69, 9.17) is 14.2 Å². The zero-order valence-corrected chi connectivity index (χ0v) is 12.5. The Bertz CT molecular complexity index is 437. The largest absolute Gasteiger partial charge is 0.493 e. The summed E-state index contributed by atoms with van der Waals surface area (Å²) in [4.78, 5) is 17.6. The highest BCUT2D eigenvalue weighted by Gasteiger charge is 2.13. The van der Waals surface area contributed by atoms with Gasteiger partial charge in [0.05, 0.1) is 27.2 Å². The van der Waals surface area contributed by atoms with Gasteiger partial charge in [-0.05, 0) is 14.0 Å². The number of carbonyl (C=O) groups is 1. The zero-order valence-electron chi connectivity index (χ0n) is 12.5. The Morgan fingerprint density at radius 2 is 2.10 bits per heavy atom. The minimum absolute atomic E-state index is 0.190. The highest BCUT2D eigenvalue weighted by molar-refractivity contribution is 5.69. The predicted octanol–water partition coefficient (Wildman–Crippen LogP) is 1.48. The number of methoxy groups -OCH3 is 2. The number of rotatable bonds is 8. The molecular weight excluding hydrogens is 260 g/mol. The minimum Gasteiger partial charge on any atom is -0.493 e. The fourth-order valence-electron chi connectivity index (χ4n) is 1.81. The number of hydrogen-bond acceptors (Lipinski definition) is 6. The quantitative estimate of drug-likeness (QED) is 0.673. The molecule has 1 heterocycles. The highest BCUT2D eigenvalue weighted by atomic mass is 16.5. The average molecular weight is 282 g/mol. The fraction of sp³-hybridized carbons (Fsp3) is 0.571. The third-order valence-corrected chi connectivity index (χ3v) is 2.79. The molecule has 6 heteroatoms. The van der Waals surface area contributed by atoms with Crippen molar-refractivity contribution < 1.29 is 19.0 Å². The second-order valence-electron chi connectivity index (χ2n) is 4.29. The maximum absolute atomic E-state index is 11.3. The van der Waals surface area contributed by atoms with Crippen molar-refractivity contribution in [1.29, 1.82) is 0 Å². The van der Waals surface area contributed by atoms with Crippen molar-refractivity contribution in [2.45, 2.75) is 19.9 Å². The first-order valence-corrected chi connectivity index (χ1v) is 6.52. The van der Waals surface area contributed by atoms with Gasteiger partial charge in [0.15, 0.2) is 11.5 Å². The van der Waals surface area contributed by atoms with Crippen LogP contribution in [0.25, 0.3) is 0 Å². The van der Waals surface area contributed by atoms with Gasteiger partial charge < -0.3 is 14.2 Å². The van der Waals surface area contributed by atoms with Gasteiger partial charge in [0.1, 0.15) is 5.69 Å². The molecule has 1 aromatic heterocycles. The number of carbonyl (C=O) groups excluding carboxylic acids is 1. The van der Waals surface area contributed by atoms with Crippen molar-refractivity contribution in [3.05, 3.63) is 18.0 Å². The van der Waals surface area contributed by atoms with Crippen molar-refractivity contribution in [2.24, 2.45) is 0 Å². The molecule has 0 aliphatic rings. The maximum Gasteiger partial charge on any atom is 0.307 e. The molecule has 1 rings (SSSR count). The molecule has 0 saturated carbocycles. The van der Waals surface area contributed by atoms with Gasteiger partial charge in [-0.3, -0.25) is 14.7 Å². The molecule has 6 nitrogen and oxygen atoms in total. The molecule has 0 aliphatic carbocycles. The number of ether oxygens (including phenoxy) is 3. The fourth-order valence-corrected chi connectivity index (χ4v) is 1.81. The van der Waals surface area contributed by atoms with Gasteiger partial charge in [0.25, 0.3) is 0 Å². The van der Waals surface area contributed by atoms with Gasteiger partial charge >= 0.3 is 5.97 Å². The van der Waals surface area contributed by atoms with Crippen molar-refractivity contribution in [2.75, 3.05) is 34.4 Å². The summed E-state index contributed by atoms with van der Waals surface area (Å²) < 4.78 is 15.5. The molecule has 0 N–H and O–H groups in total. The van der Waals surface area contributed by atoms with E-state index >= 15 is 0 Å². The Morgan fingerprint density at radius 3 is 2.70 bits per heavy atom. The molecule has 0 unspecified atom stereocenters. The number of hydrogen-bond donors (Lipinski definition) is 0. The molecule has 0 saturated heterocycles. The van der Waals surface area contributed by atoms with Crippen LogP contribution in [0.15, 0.2) is 12.3 Å². The molecule has 0 radical (unpaired) electrons. The van der Waals surface area contributed by atoms with Crippen LogP contribution in [0.2, 0.25) is 0 Å². The molecule has 0 aromatic carbocycles. The van der Waals surface area contributed by atoms with Crippen molar-refractivity contribution >= 4 is 5.97 Å². The topological polar surface area (TPSA) is 60.9 Å². The van der Waals surface area contributed by atoms with Crippen LogP contribution < -0.4 is 9.47 Å². The Balaban J connectivity index is 2.61. The molecule has 20 heavy (non-hydrogen) atoms. The van der Waals surface area contributed by atoms with Gasteiger partial charge in [-0.1, -0.05) is 0 Å². The summed E-state index contributed by atoms with van der Waals surface area (Å²) in [5, 5.41) is 0. The van der Waals surface area contributed by atoms with Crippen LogP contribution in [-0.4, -0.2) is 50.3 Å². The zero-order chi connectivity index (χ0) is 15.0. The van der Waals surface area contributed by atoms with E-state index in [9.17, 15) is 4.79 Å². The van der Waals surface area contributed by atoms with Crippen molar-refractivity contribution in [1.82, 2.24) is 9.88 Å². The third-order valence-electron chi connectivity index (χ3n) is 2.79. The Kier molecular flexibility index (Phi) is 6.79. The molecule has 0 atom stereocenters. The normalized spacial score (nSPS) is 10.4. The third kappa shape index (κ3) is 4.70. The molecule has 0 spiro atoms. The molecule has 0 amide bonds. The predicted molar refractivity (Wildman–Crippen MR) is 74.9 cm³/mol. The molecule has 0 bridgehead atoms. The summed E-state index contributed by atoms with van der Waals surface area (Å²) in [5.74, 6) is 1.08. The van der Waals surface area contributed by atoms with Gasteiger partial charge in [-0.15, -0.1) is 0 Å². The number of nitrogens with zero attached hydrogens (tertiary/aromatic N) is 2. The van der Waals surface area contributed by atoms with Crippen LogP contribution in [-0.2, 0) is 16.1 Å². The van der Waals surface area contributed by atoms with Crippen LogP contribution in [0.3, 0.4) is 0 Å². The van der Waals surface area contributed by atoms with E-state index in [0.717, 1.165) is 5.69 Å². The summed E-state index contributed by atoms with van der Waals surface area (Å²) in [7, 11) is 5.09. The molecule has 0 fully saturated rings. The average Bonchev–Trinajstić information content (AvgIpc) is 2.45. The molecule has 1 aromatic rings. The number of pyridine rings is 1. The second-order valence-corrected chi connectivity index (χ2v) is 4.29. The Morgan fingerprint density at radius 1 is 1.35 bits per heavy atom. The molecule has 0 aliphatic heterocycles. The van der Waals surface area contributed by atoms with Crippen LogP contribution in [0.5, 0.6) is 11.5 Å². The first kappa shape index (κ1) is 16.2. The van der Waals surface area contributed by atoms with Crippen LogP contribution in [0.4, 0.5) is 0 Å². The smallest absolute Gasteiger partial charge is 0.307 e. The Labute approximate surface area is 119 Å². The van der Waals surface area contributed by atoms with E-state index in [1.165, 1.54) is 0 Å². The summed E-state index contributed by atoms with van der Waals surface area (Å²) in [6, 6.07) is 1.75. The minimum atomic E-state index is -0.190. The van der Waals surface area contributed by atoms with E-state index in [1.54, 1.807) is 33.4 Å². The van der Waals surface area contributed by atoms with E-state index in [1.807, 2.05) is 11.9 Å². The first-order valence-electron chi connectivity index (χ1n) is 6.52. The SMILES string of the molecule is CCOC(=O)CCN(C)Cc1nccc(OC)c1OC. The van der Waals surface area contributed by atoms with Gasteiger partial charge in [0, 0.05) is 25.4 Å². The first-order chi connectivity index (χ1) is 9.62. The van der Waals surface area contributed by atoms with E-state index in [-0.39, 0.29) is 5.97 Å². The Hall–Kier alpha value is -1.82. The summed E-state index contributed by atoms with van der Waals surface area (Å²) >= 11 is 0. The maximum atomic E-state index is 11.3. The lowest BCUT2D eigenvalue weighted by Gasteiger charge is -2.18. The summed E-state index contributed by atoms with van der Waals surface area (Å²) in [6.07, 6.45) is 2.03. The van der Waals surface area contributed by atoms with Crippen LogP contribution in [0, 0.1) is 0 Å². The van der Waals surface area contributed by atoms with Crippen molar-refractivity contribution in [3.8, 4) is 11.5 Å². The van der Waals surface area contributed by atoms with Gasteiger partial charge in [0.2, 0.25) is 0 Å². The van der Waals surface area contributed by atoms with E-state index in [2.05, 4.69) is 4.98 Å². The summed E-state index contributed by atoms with van der Waals surface area (Å²) in [5.41, 5.74) is 0.776. The highest BCUT2D eigenvalue weighted by Crippen LogP contribution is 2.29. The van der Waals surface area contributed by atoms with E-state index in [0.29, 0.717) is 37.6 Å². The van der Waals surface area contributed by atoms with Gasteiger partial charge in [-0.25, -0.2) is 0 Å². The monoisotopic (exact) mass is 282 g/mol. The van der Waals surface area contributed by atoms with Crippen molar-refractivity contribution in [3.63, 3.8) is 0 Å². The molecular formula is C14H22N2O4. The molecule has 112 valence electrons. The lowest BCUT2D eigenvalue weighted by Crippen LogP contribution is -2.23. The second kappa shape index (κ2) is 8.37. The van der Waals surface area contributed by atoms with Crippen LogP contribution >= 0.6 is 0 Å². The summed E-state index contributed by atoms with van der Waals surface area (Å²) in [6.45, 7) is 3.38. The number of esters is 1. The van der Waals surface area contributed by atoms with Crippen LogP contribution in [0.1, 0.15) is 19.0 Å².